The first-order valence-electron chi connectivity index (χ1n) is 13.8. The lowest BCUT2D eigenvalue weighted by Gasteiger charge is -2.35. The smallest absolute Gasteiger partial charge is 0.264 e. The highest BCUT2D eigenvalue weighted by Crippen LogP contribution is 2.28. The number of halogens is 1. The molecule has 0 saturated heterocycles. The van der Waals surface area contributed by atoms with Gasteiger partial charge in [-0.05, 0) is 106 Å². The number of methoxy groups -OCH3 is 1. The number of sulfonamides is 1. The molecular formula is C32H40ClN3O5S. The zero-order chi connectivity index (χ0) is 31.2. The standard InChI is InChI=1S/C32H40ClN3O5S/c1-8-29(31(38)34-32(4,5)6)35(20-24-10-9-11-27(19-24)41-7)30(37)21-36(26-15-12-22(2)23(3)18-26)42(39,40)28-16-13-25(33)14-17-28/h9-19,29H,8,20-21H2,1-7H3,(H,34,38). The van der Waals surface area contributed by atoms with Crippen molar-refractivity contribution < 1.29 is 22.7 Å². The molecule has 0 fully saturated rings. The largest absolute Gasteiger partial charge is 0.497 e. The first-order valence-corrected chi connectivity index (χ1v) is 15.6. The lowest BCUT2D eigenvalue weighted by molar-refractivity contribution is -0.141. The number of nitrogens with one attached hydrogen (secondary N) is 1. The van der Waals surface area contributed by atoms with Crippen LogP contribution < -0.4 is 14.4 Å². The van der Waals surface area contributed by atoms with Gasteiger partial charge in [0.15, 0.2) is 0 Å². The van der Waals surface area contributed by atoms with Crippen molar-refractivity contribution in [2.75, 3.05) is 18.0 Å². The van der Waals surface area contributed by atoms with Crippen LogP contribution in [0.3, 0.4) is 0 Å². The van der Waals surface area contributed by atoms with Gasteiger partial charge in [0, 0.05) is 17.1 Å². The fourth-order valence-electron chi connectivity index (χ4n) is 4.48. The van der Waals surface area contributed by atoms with Crippen molar-refractivity contribution in [2.24, 2.45) is 0 Å². The molecule has 2 amide bonds. The Hall–Kier alpha value is -3.56. The maximum atomic E-state index is 14.2. The molecule has 1 N–H and O–H groups in total. The van der Waals surface area contributed by atoms with Crippen molar-refractivity contribution in [1.29, 1.82) is 0 Å². The average Bonchev–Trinajstić information content (AvgIpc) is 2.92. The molecule has 226 valence electrons. The number of rotatable bonds is 11. The van der Waals surface area contributed by atoms with Crippen molar-refractivity contribution in [1.82, 2.24) is 10.2 Å². The molecule has 0 heterocycles. The summed E-state index contributed by atoms with van der Waals surface area (Å²) in [6, 6.07) is 17.4. The normalized spacial score (nSPS) is 12.4. The van der Waals surface area contributed by atoms with Gasteiger partial charge in [-0.25, -0.2) is 8.42 Å². The average molecular weight is 614 g/mol. The van der Waals surface area contributed by atoms with Crippen LogP contribution in [0.1, 0.15) is 50.8 Å². The van der Waals surface area contributed by atoms with E-state index in [0.29, 0.717) is 22.9 Å². The number of anilines is 1. The van der Waals surface area contributed by atoms with E-state index in [1.807, 2.05) is 53.7 Å². The van der Waals surface area contributed by atoms with Gasteiger partial charge in [-0.1, -0.05) is 36.7 Å². The summed E-state index contributed by atoms with van der Waals surface area (Å²) in [4.78, 5) is 29.1. The quantitative estimate of drug-likeness (QED) is 0.291. The third kappa shape index (κ3) is 8.26. The minimum atomic E-state index is -4.19. The molecule has 1 unspecified atom stereocenters. The highest BCUT2D eigenvalue weighted by atomic mass is 35.5. The molecule has 1 atom stereocenters. The highest BCUT2D eigenvalue weighted by Gasteiger charge is 2.34. The van der Waals surface area contributed by atoms with Gasteiger partial charge in [0.1, 0.15) is 18.3 Å². The Labute approximate surface area is 254 Å². The number of nitrogens with zero attached hydrogens (tertiary/aromatic N) is 2. The Morgan fingerprint density at radius 3 is 2.21 bits per heavy atom. The molecule has 0 radical (unpaired) electrons. The zero-order valence-corrected chi connectivity index (χ0v) is 26.8. The van der Waals surface area contributed by atoms with Crippen molar-refractivity contribution in [3.8, 4) is 5.75 Å². The van der Waals surface area contributed by atoms with E-state index in [2.05, 4.69) is 5.32 Å². The Kier molecular flexibility index (Phi) is 10.7. The summed E-state index contributed by atoms with van der Waals surface area (Å²) in [5.41, 5.74) is 2.41. The van der Waals surface area contributed by atoms with Gasteiger partial charge >= 0.3 is 0 Å². The molecule has 0 aliphatic rings. The Morgan fingerprint density at radius 2 is 1.64 bits per heavy atom. The number of ether oxygens (including phenoxy) is 1. The molecule has 0 bridgehead atoms. The lowest BCUT2D eigenvalue weighted by atomic mass is 10.1. The van der Waals surface area contributed by atoms with Crippen LogP contribution in [0.2, 0.25) is 5.02 Å². The van der Waals surface area contributed by atoms with Gasteiger partial charge in [0.05, 0.1) is 17.7 Å². The minimum absolute atomic E-state index is 0.00482. The number of amides is 2. The maximum Gasteiger partial charge on any atom is 0.264 e. The first-order chi connectivity index (χ1) is 19.7. The van der Waals surface area contributed by atoms with Crippen LogP contribution in [-0.2, 0) is 26.2 Å². The van der Waals surface area contributed by atoms with Gasteiger partial charge in [0.25, 0.3) is 10.0 Å². The van der Waals surface area contributed by atoms with E-state index < -0.39 is 34.1 Å². The van der Waals surface area contributed by atoms with Gasteiger partial charge in [-0.15, -0.1) is 0 Å². The van der Waals surface area contributed by atoms with Crippen molar-refractivity contribution >= 4 is 39.1 Å². The Bertz CT molecular complexity index is 1520. The summed E-state index contributed by atoms with van der Waals surface area (Å²) >= 11 is 6.03. The summed E-state index contributed by atoms with van der Waals surface area (Å²) in [5, 5.41) is 3.36. The Balaban J connectivity index is 2.11. The van der Waals surface area contributed by atoms with E-state index in [0.717, 1.165) is 21.0 Å². The van der Waals surface area contributed by atoms with Crippen molar-refractivity contribution in [2.45, 2.75) is 71.0 Å². The van der Waals surface area contributed by atoms with Crippen LogP contribution in [0.5, 0.6) is 5.75 Å². The highest BCUT2D eigenvalue weighted by molar-refractivity contribution is 7.92. The number of carbonyl (C=O) groups is 2. The molecule has 10 heteroatoms. The van der Waals surface area contributed by atoms with Crippen LogP contribution in [0.4, 0.5) is 5.69 Å². The van der Waals surface area contributed by atoms with E-state index in [-0.39, 0.29) is 17.3 Å². The number of hydrogen-bond donors (Lipinski definition) is 1. The number of benzene rings is 3. The second-order valence-corrected chi connectivity index (χ2v) is 13.6. The van der Waals surface area contributed by atoms with Crippen molar-refractivity contribution in [3.05, 3.63) is 88.4 Å². The second-order valence-electron chi connectivity index (χ2n) is 11.3. The fraction of sp³-hybridized carbons (Fsp3) is 0.375. The second kappa shape index (κ2) is 13.6. The summed E-state index contributed by atoms with van der Waals surface area (Å²) < 4.78 is 34.5. The predicted molar refractivity (Wildman–Crippen MR) is 167 cm³/mol. The first kappa shape index (κ1) is 32.9. The molecule has 3 rings (SSSR count). The minimum Gasteiger partial charge on any atom is -0.497 e. The van der Waals surface area contributed by atoms with E-state index >= 15 is 0 Å². The topological polar surface area (TPSA) is 96.0 Å². The zero-order valence-electron chi connectivity index (χ0n) is 25.3. The summed E-state index contributed by atoms with van der Waals surface area (Å²) in [6.45, 7) is 10.8. The van der Waals surface area contributed by atoms with Crippen LogP contribution >= 0.6 is 11.6 Å². The van der Waals surface area contributed by atoms with E-state index in [4.69, 9.17) is 16.3 Å². The van der Waals surface area contributed by atoms with Crippen molar-refractivity contribution in [3.63, 3.8) is 0 Å². The van der Waals surface area contributed by atoms with E-state index in [1.165, 1.54) is 29.2 Å². The molecule has 0 aliphatic carbocycles. The summed E-state index contributed by atoms with van der Waals surface area (Å²) in [6.07, 6.45) is 0.325. The van der Waals surface area contributed by atoms with Crippen LogP contribution in [-0.4, -0.2) is 50.4 Å². The number of carbonyl (C=O) groups excluding carboxylic acids is 2. The van der Waals surface area contributed by atoms with Gasteiger partial charge in [-0.3, -0.25) is 13.9 Å². The van der Waals surface area contributed by atoms with Crippen LogP contribution in [0.15, 0.2) is 71.6 Å². The van der Waals surface area contributed by atoms with E-state index in [1.54, 1.807) is 37.4 Å². The summed E-state index contributed by atoms with van der Waals surface area (Å²) in [7, 11) is -2.64. The molecule has 3 aromatic rings. The number of hydrogen-bond acceptors (Lipinski definition) is 5. The summed E-state index contributed by atoms with van der Waals surface area (Å²) in [5.74, 6) is -0.238. The predicted octanol–water partition coefficient (Wildman–Crippen LogP) is 5.88. The molecule has 3 aromatic carbocycles. The maximum absolute atomic E-state index is 14.2. The SMILES string of the molecule is CCC(C(=O)NC(C)(C)C)N(Cc1cccc(OC)c1)C(=O)CN(c1ccc(C)c(C)c1)S(=O)(=O)c1ccc(Cl)cc1. The van der Waals surface area contributed by atoms with E-state index in [9.17, 15) is 18.0 Å². The molecule has 0 aliphatic heterocycles. The van der Waals surface area contributed by atoms with Crippen LogP contribution in [0.25, 0.3) is 0 Å². The van der Waals surface area contributed by atoms with Gasteiger partial charge < -0.3 is 15.0 Å². The van der Waals surface area contributed by atoms with Gasteiger partial charge in [0.2, 0.25) is 11.8 Å². The molecule has 0 spiro atoms. The molecular weight excluding hydrogens is 574 g/mol. The molecule has 8 nitrogen and oxygen atoms in total. The number of aryl methyl sites for hydroxylation is 2. The Morgan fingerprint density at radius 1 is 0.976 bits per heavy atom. The molecule has 42 heavy (non-hydrogen) atoms. The third-order valence-electron chi connectivity index (χ3n) is 6.83. The van der Waals surface area contributed by atoms with Gasteiger partial charge in [-0.2, -0.15) is 0 Å². The fourth-order valence-corrected chi connectivity index (χ4v) is 6.02. The molecule has 0 saturated carbocycles. The lowest BCUT2D eigenvalue weighted by Crippen LogP contribution is -2.55. The molecule has 0 aromatic heterocycles. The third-order valence-corrected chi connectivity index (χ3v) is 8.87. The van der Waals surface area contributed by atoms with Crippen LogP contribution in [0, 0.1) is 13.8 Å². The monoisotopic (exact) mass is 613 g/mol.